The van der Waals surface area contributed by atoms with Crippen molar-refractivity contribution in [3.8, 4) is 0 Å². The van der Waals surface area contributed by atoms with Gasteiger partial charge in [-0.3, -0.25) is 0 Å². The lowest BCUT2D eigenvalue weighted by atomic mass is 9.94. The van der Waals surface area contributed by atoms with Crippen LogP contribution in [0.2, 0.25) is 0 Å². The molecule has 0 atom stereocenters. The topological polar surface area (TPSA) is 63.3 Å². The Morgan fingerprint density at radius 3 is 2.21 bits per heavy atom. The van der Waals surface area contributed by atoms with Crippen LogP contribution in [-0.4, -0.2) is 11.1 Å². The van der Waals surface area contributed by atoms with E-state index in [4.69, 9.17) is 10.8 Å². The van der Waals surface area contributed by atoms with Crippen LogP contribution in [0.1, 0.15) is 35.3 Å². The van der Waals surface area contributed by atoms with Crippen molar-refractivity contribution in [2.45, 2.75) is 26.2 Å². The predicted octanol–water partition coefficient (Wildman–Crippen LogP) is 3.09. The Morgan fingerprint density at radius 2 is 2.00 bits per heavy atom. The predicted molar refractivity (Wildman–Crippen MR) is 62.1 cm³/mol. The van der Waals surface area contributed by atoms with Crippen LogP contribution in [0.4, 0.5) is 5.69 Å². The third-order valence-corrected chi connectivity index (χ3v) is 4.47. The highest BCUT2D eigenvalue weighted by molar-refractivity contribution is 9.10. The van der Waals surface area contributed by atoms with E-state index in [1.807, 2.05) is 20.8 Å². The van der Waals surface area contributed by atoms with Crippen molar-refractivity contribution in [3.05, 3.63) is 14.2 Å². The van der Waals surface area contributed by atoms with Crippen molar-refractivity contribution in [2.24, 2.45) is 0 Å². The van der Waals surface area contributed by atoms with Crippen LogP contribution in [0.3, 0.4) is 0 Å². The number of halogens is 1. The zero-order chi connectivity index (χ0) is 11.1. The molecule has 0 saturated carbocycles. The largest absolute Gasteiger partial charge is 0.477 e. The first-order valence-electron chi connectivity index (χ1n) is 4.06. The van der Waals surface area contributed by atoms with Gasteiger partial charge in [0.2, 0.25) is 0 Å². The van der Waals surface area contributed by atoms with Gasteiger partial charge in [-0.25, -0.2) is 4.79 Å². The Balaban J connectivity index is 3.37. The molecule has 1 heterocycles. The van der Waals surface area contributed by atoms with E-state index >= 15 is 0 Å². The first-order chi connectivity index (χ1) is 6.25. The van der Waals surface area contributed by atoms with Gasteiger partial charge in [0.15, 0.2) is 0 Å². The van der Waals surface area contributed by atoms with Crippen LogP contribution >= 0.6 is 27.3 Å². The standard InChI is InChI=1S/C9H12BrNO2S/c1-9(2,3)7-4(10)5(11)6(14-7)8(12)13/h11H2,1-3H3,(H,12,13). The van der Waals surface area contributed by atoms with Crippen LogP contribution < -0.4 is 5.73 Å². The highest BCUT2D eigenvalue weighted by Crippen LogP contribution is 2.42. The zero-order valence-corrected chi connectivity index (χ0v) is 10.6. The maximum Gasteiger partial charge on any atom is 0.348 e. The summed E-state index contributed by atoms with van der Waals surface area (Å²) in [4.78, 5) is 12.0. The van der Waals surface area contributed by atoms with Gasteiger partial charge in [0, 0.05) is 4.88 Å². The minimum Gasteiger partial charge on any atom is -0.477 e. The molecule has 0 spiro atoms. The van der Waals surface area contributed by atoms with Crippen LogP contribution in [0, 0.1) is 0 Å². The number of hydrogen-bond donors (Lipinski definition) is 2. The maximum absolute atomic E-state index is 10.8. The number of rotatable bonds is 1. The molecule has 3 nitrogen and oxygen atoms in total. The first-order valence-corrected chi connectivity index (χ1v) is 5.67. The molecule has 1 rings (SSSR count). The molecule has 0 bridgehead atoms. The molecule has 1 aromatic heterocycles. The van der Waals surface area contributed by atoms with Crippen LogP contribution in [0.5, 0.6) is 0 Å². The molecular weight excluding hydrogens is 266 g/mol. The lowest BCUT2D eigenvalue weighted by Crippen LogP contribution is -2.09. The summed E-state index contributed by atoms with van der Waals surface area (Å²) in [5.74, 6) is -0.969. The normalized spacial score (nSPS) is 11.7. The van der Waals surface area contributed by atoms with Gasteiger partial charge in [-0.1, -0.05) is 20.8 Å². The number of thiophene rings is 1. The second-order valence-electron chi connectivity index (χ2n) is 4.04. The zero-order valence-electron chi connectivity index (χ0n) is 8.22. The molecule has 0 amide bonds. The lowest BCUT2D eigenvalue weighted by molar-refractivity contribution is 0.0703. The van der Waals surface area contributed by atoms with Crippen molar-refractivity contribution in [2.75, 3.05) is 5.73 Å². The van der Waals surface area contributed by atoms with Gasteiger partial charge in [-0.2, -0.15) is 0 Å². The average molecular weight is 278 g/mol. The summed E-state index contributed by atoms with van der Waals surface area (Å²) >= 11 is 4.56. The molecule has 5 heteroatoms. The van der Waals surface area contributed by atoms with Gasteiger partial charge in [0.25, 0.3) is 0 Å². The first kappa shape index (κ1) is 11.5. The highest BCUT2D eigenvalue weighted by atomic mass is 79.9. The van der Waals surface area contributed by atoms with Crippen molar-refractivity contribution in [1.29, 1.82) is 0 Å². The van der Waals surface area contributed by atoms with Crippen LogP contribution in [0.25, 0.3) is 0 Å². The number of carboxylic acids is 1. The molecule has 0 saturated heterocycles. The number of nitrogen functional groups attached to an aromatic ring is 1. The van der Waals surface area contributed by atoms with Crippen molar-refractivity contribution >= 4 is 38.9 Å². The quantitative estimate of drug-likeness (QED) is 0.829. The molecule has 0 aliphatic heterocycles. The minimum atomic E-state index is -0.969. The maximum atomic E-state index is 10.8. The van der Waals surface area contributed by atoms with E-state index in [2.05, 4.69) is 15.9 Å². The summed E-state index contributed by atoms with van der Waals surface area (Å²) in [6, 6.07) is 0. The van der Waals surface area contributed by atoms with E-state index in [-0.39, 0.29) is 10.3 Å². The van der Waals surface area contributed by atoms with Gasteiger partial charge >= 0.3 is 5.97 Å². The molecule has 14 heavy (non-hydrogen) atoms. The van der Waals surface area contributed by atoms with E-state index in [0.717, 1.165) is 4.88 Å². The Morgan fingerprint density at radius 1 is 1.50 bits per heavy atom. The third-order valence-electron chi connectivity index (χ3n) is 1.76. The molecule has 78 valence electrons. The molecule has 3 N–H and O–H groups in total. The molecule has 0 aromatic carbocycles. The Labute approximate surface area is 95.1 Å². The fourth-order valence-corrected chi connectivity index (χ4v) is 3.24. The highest BCUT2D eigenvalue weighted by Gasteiger charge is 2.26. The van der Waals surface area contributed by atoms with Crippen molar-refractivity contribution in [1.82, 2.24) is 0 Å². The Hall–Kier alpha value is -0.550. The smallest absolute Gasteiger partial charge is 0.348 e. The van der Waals surface area contributed by atoms with Gasteiger partial charge in [0.05, 0.1) is 10.2 Å². The van der Waals surface area contributed by atoms with Gasteiger partial charge in [0.1, 0.15) is 4.88 Å². The lowest BCUT2D eigenvalue weighted by Gasteiger charge is -2.16. The summed E-state index contributed by atoms with van der Waals surface area (Å²) in [5, 5.41) is 8.88. The fourth-order valence-electron chi connectivity index (χ4n) is 1.07. The van der Waals surface area contributed by atoms with E-state index in [1.165, 1.54) is 11.3 Å². The van der Waals surface area contributed by atoms with E-state index in [0.29, 0.717) is 10.2 Å². The summed E-state index contributed by atoms with van der Waals surface area (Å²) in [6.45, 7) is 6.07. The van der Waals surface area contributed by atoms with Gasteiger partial charge < -0.3 is 10.8 Å². The third kappa shape index (κ3) is 1.93. The molecular formula is C9H12BrNO2S. The summed E-state index contributed by atoms with van der Waals surface area (Å²) < 4.78 is 0.715. The van der Waals surface area contributed by atoms with Crippen LogP contribution in [-0.2, 0) is 5.41 Å². The Kier molecular flexibility index (Phi) is 2.92. The monoisotopic (exact) mass is 277 g/mol. The minimum absolute atomic E-state index is 0.0919. The van der Waals surface area contributed by atoms with Crippen molar-refractivity contribution in [3.63, 3.8) is 0 Å². The average Bonchev–Trinajstić information content (AvgIpc) is 2.28. The Bertz CT molecular complexity index is 379. The van der Waals surface area contributed by atoms with E-state index in [9.17, 15) is 4.79 Å². The number of nitrogens with two attached hydrogens (primary N) is 1. The second-order valence-corrected chi connectivity index (χ2v) is 5.86. The fraction of sp³-hybridized carbons (Fsp3) is 0.444. The SMILES string of the molecule is CC(C)(C)c1sc(C(=O)O)c(N)c1Br. The number of anilines is 1. The molecule has 0 radical (unpaired) electrons. The van der Waals surface area contributed by atoms with Crippen LogP contribution in [0.15, 0.2) is 4.47 Å². The number of carbonyl (C=O) groups is 1. The summed E-state index contributed by atoms with van der Waals surface area (Å²) in [6.07, 6.45) is 0. The summed E-state index contributed by atoms with van der Waals surface area (Å²) in [7, 11) is 0. The second kappa shape index (κ2) is 3.55. The summed E-state index contributed by atoms with van der Waals surface area (Å²) in [5.41, 5.74) is 5.92. The van der Waals surface area contributed by atoms with Crippen molar-refractivity contribution < 1.29 is 9.90 Å². The molecule has 0 unspecified atom stereocenters. The van der Waals surface area contributed by atoms with Gasteiger partial charge in [-0.05, 0) is 21.3 Å². The van der Waals surface area contributed by atoms with Gasteiger partial charge in [-0.15, -0.1) is 11.3 Å². The molecule has 1 aromatic rings. The van der Waals surface area contributed by atoms with E-state index < -0.39 is 5.97 Å². The van der Waals surface area contributed by atoms with E-state index in [1.54, 1.807) is 0 Å². The molecule has 0 aliphatic carbocycles. The molecule has 0 fully saturated rings. The number of carboxylic acid groups (broad SMARTS) is 1. The number of hydrogen-bond acceptors (Lipinski definition) is 3. The molecule has 0 aliphatic rings. The number of aromatic carboxylic acids is 1.